The summed E-state index contributed by atoms with van der Waals surface area (Å²) >= 11 is 0. The number of anilines is 1. The molecule has 0 atom stereocenters. The van der Waals surface area contributed by atoms with E-state index in [0.29, 0.717) is 5.75 Å². The third-order valence-electron chi connectivity index (χ3n) is 2.79. The Bertz CT molecular complexity index is 520. The molecule has 0 amide bonds. The molecule has 0 aromatic heterocycles. The van der Waals surface area contributed by atoms with E-state index in [1.165, 1.54) is 0 Å². The van der Waals surface area contributed by atoms with Crippen LogP contribution in [-0.4, -0.2) is 26.2 Å². The van der Waals surface area contributed by atoms with Gasteiger partial charge in [-0.05, 0) is 18.6 Å². The fourth-order valence-corrected chi connectivity index (χ4v) is 1.94. The van der Waals surface area contributed by atoms with Gasteiger partial charge in [-0.25, -0.2) is 0 Å². The molecule has 0 bridgehead atoms. The minimum Gasteiger partial charge on any atom is -0.454 e. The van der Waals surface area contributed by atoms with Gasteiger partial charge in [0.1, 0.15) is 0 Å². The highest BCUT2D eigenvalue weighted by Gasteiger charge is 2.18. The van der Waals surface area contributed by atoms with E-state index in [4.69, 9.17) is 14.7 Å². The van der Waals surface area contributed by atoms with Crippen LogP contribution in [0.4, 0.5) is 5.69 Å². The first-order valence-electron chi connectivity index (χ1n) is 5.62. The number of fused-ring (bicyclic) bond motifs is 1. The van der Waals surface area contributed by atoms with Gasteiger partial charge in [-0.1, -0.05) is 0 Å². The summed E-state index contributed by atoms with van der Waals surface area (Å²) in [6.45, 7) is 2.39. The molecule has 0 fully saturated rings. The SMILES string of the molecule is Cc1cc2c(cc1N(C)CC(=O)CC#N)OCO2. The number of hydrogen-bond acceptors (Lipinski definition) is 5. The molecular formula is C13H14N2O3. The second-order valence-electron chi connectivity index (χ2n) is 4.22. The molecule has 1 aromatic rings. The van der Waals surface area contributed by atoms with Crippen LogP contribution in [0.2, 0.25) is 0 Å². The fourth-order valence-electron chi connectivity index (χ4n) is 1.94. The Morgan fingerprint density at radius 1 is 1.44 bits per heavy atom. The Kier molecular flexibility index (Phi) is 3.38. The molecule has 0 N–H and O–H groups in total. The molecule has 1 aliphatic rings. The topological polar surface area (TPSA) is 62.6 Å². The Hall–Kier alpha value is -2.22. The zero-order valence-electron chi connectivity index (χ0n) is 10.4. The molecule has 1 heterocycles. The van der Waals surface area contributed by atoms with Gasteiger partial charge >= 0.3 is 0 Å². The smallest absolute Gasteiger partial charge is 0.231 e. The van der Waals surface area contributed by atoms with E-state index in [1.807, 2.05) is 37.1 Å². The Balaban J connectivity index is 2.18. The zero-order valence-corrected chi connectivity index (χ0v) is 10.4. The van der Waals surface area contributed by atoms with Crippen molar-refractivity contribution in [2.24, 2.45) is 0 Å². The molecule has 5 nitrogen and oxygen atoms in total. The number of benzene rings is 1. The van der Waals surface area contributed by atoms with Crippen molar-refractivity contribution in [2.45, 2.75) is 13.3 Å². The molecule has 0 aliphatic carbocycles. The minimum absolute atomic E-state index is 0.0616. The number of rotatable bonds is 4. The first-order valence-corrected chi connectivity index (χ1v) is 5.62. The standard InChI is InChI=1S/C13H14N2O3/c1-9-5-12-13(18-8-17-12)6-11(9)15(2)7-10(16)3-4-14/h5-6H,3,7-8H2,1-2H3. The van der Waals surface area contributed by atoms with Crippen molar-refractivity contribution in [3.8, 4) is 17.6 Å². The predicted molar refractivity (Wildman–Crippen MR) is 65.8 cm³/mol. The van der Waals surface area contributed by atoms with Gasteiger partial charge in [0.15, 0.2) is 17.3 Å². The molecule has 18 heavy (non-hydrogen) atoms. The van der Waals surface area contributed by atoms with Crippen LogP contribution >= 0.6 is 0 Å². The largest absolute Gasteiger partial charge is 0.454 e. The maximum Gasteiger partial charge on any atom is 0.231 e. The summed E-state index contributed by atoms with van der Waals surface area (Å²) in [7, 11) is 1.82. The van der Waals surface area contributed by atoms with Crippen LogP contribution < -0.4 is 14.4 Å². The predicted octanol–water partition coefficient (Wildman–Crippen LogP) is 1.64. The number of Topliss-reactive ketones (excluding diaryl/α,β-unsaturated/α-hetero) is 1. The third-order valence-corrected chi connectivity index (χ3v) is 2.79. The molecule has 1 aromatic carbocycles. The molecule has 2 rings (SSSR count). The number of carbonyl (C=O) groups is 1. The number of carbonyl (C=O) groups excluding carboxylic acids is 1. The second-order valence-corrected chi connectivity index (χ2v) is 4.22. The monoisotopic (exact) mass is 246 g/mol. The van der Waals surface area contributed by atoms with E-state index in [1.54, 1.807) is 0 Å². The van der Waals surface area contributed by atoms with E-state index in [2.05, 4.69) is 0 Å². The molecule has 1 aliphatic heterocycles. The number of aryl methyl sites for hydroxylation is 1. The number of likely N-dealkylation sites (N-methyl/N-ethyl adjacent to an activating group) is 1. The fraction of sp³-hybridized carbons (Fsp3) is 0.385. The average Bonchev–Trinajstić information content (AvgIpc) is 2.74. The Morgan fingerprint density at radius 3 is 2.78 bits per heavy atom. The van der Waals surface area contributed by atoms with Crippen LogP contribution in [0.25, 0.3) is 0 Å². The quantitative estimate of drug-likeness (QED) is 0.808. The van der Waals surface area contributed by atoms with E-state index in [9.17, 15) is 4.79 Å². The molecular weight excluding hydrogens is 232 g/mol. The number of ketones is 1. The third kappa shape index (κ3) is 2.38. The summed E-state index contributed by atoms with van der Waals surface area (Å²) in [5.74, 6) is 1.32. The average molecular weight is 246 g/mol. The van der Waals surface area contributed by atoms with Crippen molar-refractivity contribution >= 4 is 11.5 Å². The normalized spacial score (nSPS) is 12.1. The summed E-state index contributed by atoms with van der Waals surface area (Å²) < 4.78 is 10.6. The van der Waals surface area contributed by atoms with Crippen LogP contribution in [0.15, 0.2) is 12.1 Å². The van der Waals surface area contributed by atoms with Gasteiger partial charge in [0.2, 0.25) is 6.79 Å². The first kappa shape index (κ1) is 12.2. The van der Waals surface area contributed by atoms with Crippen molar-refractivity contribution in [1.29, 1.82) is 5.26 Å². The van der Waals surface area contributed by atoms with Crippen LogP contribution in [0.5, 0.6) is 11.5 Å². The highest BCUT2D eigenvalue weighted by molar-refractivity contribution is 5.85. The van der Waals surface area contributed by atoms with Crippen LogP contribution in [0.1, 0.15) is 12.0 Å². The maximum atomic E-state index is 11.5. The molecule has 94 valence electrons. The Labute approximate surface area is 106 Å². The summed E-state index contributed by atoms with van der Waals surface area (Å²) in [4.78, 5) is 13.3. The molecule has 0 saturated carbocycles. The lowest BCUT2D eigenvalue weighted by Crippen LogP contribution is -2.25. The molecule has 0 spiro atoms. The number of nitrogens with zero attached hydrogens (tertiary/aromatic N) is 2. The van der Waals surface area contributed by atoms with Gasteiger partial charge in [0.25, 0.3) is 0 Å². The van der Waals surface area contributed by atoms with E-state index in [0.717, 1.165) is 17.0 Å². The summed E-state index contributed by atoms with van der Waals surface area (Å²) in [5, 5.41) is 8.48. The number of ether oxygens (including phenoxy) is 2. The zero-order chi connectivity index (χ0) is 13.1. The van der Waals surface area contributed by atoms with Crippen molar-refractivity contribution in [2.75, 3.05) is 25.3 Å². The minimum atomic E-state index is -0.0999. The van der Waals surface area contributed by atoms with E-state index in [-0.39, 0.29) is 25.5 Å². The van der Waals surface area contributed by atoms with Gasteiger partial charge < -0.3 is 14.4 Å². The lowest BCUT2D eigenvalue weighted by Gasteiger charge is -2.20. The molecule has 5 heteroatoms. The Morgan fingerprint density at radius 2 is 2.11 bits per heavy atom. The summed E-state index contributed by atoms with van der Waals surface area (Å²) in [5.41, 5.74) is 1.91. The van der Waals surface area contributed by atoms with Gasteiger partial charge in [-0.15, -0.1) is 0 Å². The lowest BCUT2D eigenvalue weighted by atomic mass is 10.1. The molecule has 0 saturated heterocycles. The highest BCUT2D eigenvalue weighted by atomic mass is 16.7. The number of nitriles is 1. The highest BCUT2D eigenvalue weighted by Crippen LogP contribution is 2.37. The van der Waals surface area contributed by atoms with E-state index >= 15 is 0 Å². The van der Waals surface area contributed by atoms with Crippen LogP contribution in [0, 0.1) is 18.3 Å². The van der Waals surface area contributed by atoms with E-state index < -0.39 is 0 Å². The van der Waals surface area contributed by atoms with Crippen LogP contribution in [-0.2, 0) is 4.79 Å². The number of hydrogen-bond donors (Lipinski definition) is 0. The van der Waals surface area contributed by atoms with Crippen molar-refractivity contribution in [3.63, 3.8) is 0 Å². The summed E-state index contributed by atoms with van der Waals surface area (Å²) in [6, 6.07) is 5.61. The van der Waals surface area contributed by atoms with Gasteiger partial charge in [-0.2, -0.15) is 5.26 Å². The molecule has 0 radical (unpaired) electrons. The van der Waals surface area contributed by atoms with Crippen molar-refractivity contribution in [3.05, 3.63) is 17.7 Å². The maximum absolute atomic E-state index is 11.5. The van der Waals surface area contributed by atoms with Gasteiger partial charge in [0, 0.05) is 18.8 Å². The second kappa shape index (κ2) is 4.96. The van der Waals surface area contributed by atoms with Gasteiger partial charge in [-0.3, -0.25) is 4.79 Å². The molecule has 0 unspecified atom stereocenters. The van der Waals surface area contributed by atoms with Crippen LogP contribution in [0.3, 0.4) is 0 Å². The summed E-state index contributed by atoms with van der Waals surface area (Å²) in [6.07, 6.45) is -0.0616. The lowest BCUT2D eigenvalue weighted by molar-refractivity contribution is -0.116. The van der Waals surface area contributed by atoms with Gasteiger partial charge in [0.05, 0.1) is 19.0 Å². The van der Waals surface area contributed by atoms with Crippen molar-refractivity contribution in [1.82, 2.24) is 0 Å². The van der Waals surface area contributed by atoms with Crippen molar-refractivity contribution < 1.29 is 14.3 Å². The first-order chi connectivity index (χ1) is 8.61.